The van der Waals surface area contributed by atoms with Crippen LogP contribution in [-0.4, -0.2) is 22.2 Å². The molecule has 8 nitrogen and oxygen atoms in total. The molecular formula is C22H20BrF2N2O6P. The van der Waals surface area contributed by atoms with E-state index in [1.165, 1.54) is 13.2 Å². The Hall–Kier alpha value is -2.59. The van der Waals surface area contributed by atoms with E-state index in [2.05, 4.69) is 25.4 Å². The highest BCUT2D eigenvalue weighted by Gasteiger charge is 2.30. The topological polar surface area (TPSA) is 88.8 Å². The second kappa shape index (κ2) is 9.95. The zero-order chi connectivity index (χ0) is 24.5. The lowest BCUT2D eigenvalue weighted by Crippen LogP contribution is -2.24. The van der Waals surface area contributed by atoms with Crippen molar-refractivity contribution in [2.75, 3.05) is 7.11 Å². The lowest BCUT2D eigenvalue weighted by molar-refractivity contribution is -0.0881. The predicted octanol–water partition coefficient (Wildman–Crippen LogP) is 5.74. The van der Waals surface area contributed by atoms with E-state index in [9.17, 15) is 23.2 Å². The van der Waals surface area contributed by atoms with Gasteiger partial charge in [-0.05, 0) is 56.8 Å². The molecule has 0 unspecified atom stereocenters. The summed E-state index contributed by atoms with van der Waals surface area (Å²) in [6.07, 6.45) is 3.05. The highest BCUT2D eigenvalue weighted by Crippen LogP contribution is 2.53. The maximum atomic E-state index is 13.2. The molecule has 0 saturated heterocycles. The van der Waals surface area contributed by atoms with Crippen molar-refractivity contribution in [1.82, 2.24) is 9.13 Å². The molecule has 1 aliphatic rings. The zero-order valence-electron chi connectivity index (χ0n) is 17.9. The van der Waals surface area contributed by atoms with Crippen molar-refractivity contribution in [3.8, 4) is 11.3 Å². The minimum Gasteiger partial charge on any atom is -0.465 e. The largest absolute Gasteiger partial charge is 0.465 e. The number of rotatable bonds is 9. The number of ether oxygens (including phenoxy) is 1. The summed E-state index contributed by atoms with van der Waals surface area (Å²) in [6, 6.07) is 11.8. The zero-order valence-corrected chi connectivity index (χ0v) is 20.4. The molecule has 0 N–H and O–H groups in total. The molecule has 1 heterocycles. The quantitative estimate of drug-likeness (QED) is 0.246. The van der Waals surface area contributed by atoms with E-state index in [-0.39, 0.29) is 18.3 Å². The minimum atomic E-state index is -4.54. The van der Waals surface area contributed by atoms with E-state index in [0.29, 0.717) is 21.3 Å². The van der Waals surface area contributed by atoms with Crippen LogP contribution in [0, 0.1) is 0 Å². The van der Waals surface area contributed by atoms with Crippen molar-refractivity contribution in [3.63, 3.8) is 0 Å². The normalized spacial score (nSPS) is 13.8. The van der Waals surface area contributed by atoms with Gasteiger partial charge in [-0.1, -0.05) is 40.2 Å². The Morgan fingerprint density at radius 2 is 1.82 bits per heavy atom. The highest BCUT2D eigenvalue weighted by molar-refractivity contribution is 9.10. The number of imidazole rings is 1. The van der Waals surface area contributed by atoms with Crippen LogP contribution in [0.4, 0.5) is 9.05 Å². The van der Waals surface area contributed by atoms with Crippen molar-refractivity contribution in [3.05, 3.63) is 80.3 Å². The Kier molecular flexibility index (Phi) is 7.18. The smallest absolute Gasteiger partial charge is 0.399 e. The molecule has 4 rings (SSSR count). The molecule has 1 saturated carbocycles. The van der Waals surface area contributed by atoms with E-state index in [1.54, 1.807) is 45.5 Å². The molecule has 3 aromatic rings. The van der Waals surface area contributed by atoms with Crippen LogP contribution in [0.5, 0.6) is 0 Å². The van der Waals surface area contributed by atoms with Crippen molar-refractivity contribution in [1.29, 1.82) is 0 Å². The summed E-state index contributed by atoms with van der Waals surface area (Å²) in [5.74, 6) is -0.453. The minimum absolute atomic E-state index is 0.159. The Balaban J connectivity index is 1.67. The van der Waals surface area contributed by atoms with Gasteiger partial charge >= 0.3 is 19.3 Å². The molecule has 0 amide bonds. The standard InChI is InChI=1S/C22H20BrF2N2O6P/c1-31-21(28)16-6-4-15(5-7-16)20-12-26(18-8-9-18)22(29)27(20)11-14-2-3-17(19(23)10-14)13-34(30,32-24)33-25/h2-7,10,12,18H,8-9,11,13H2,1H3. The van der Waals surface area contributed by atoms with Gasteiger partial charge in [-0.2, -0.15) is 0 Å². The molecule has 1 aliphatic carbocycles. The van der Waals surface area contributed by atoms with Gasteiger partial charge in [0.2, 0.25) is 0 Å². The van der Waals surface area contributed by atoms with Crippen LogP contribution >= 0.6 is 23.5 Å². The molecule has 0 atom stereocenters. The van der Waals surface area contributed by atoms with Gasteiger partial charge in [0.1, 0.15) is 0 Å². The lowest BCUT2D eigenvalue weighted by atomic mass is 10.1. The Labute approximate surface area is 201 Å². The molecule has 34 heavy (non-hydrogen) atoms. The van der Waals surface area contributed by atoms with Crippen molar-refractivity contribution in [2.45, 2.75) is 31.6 Å². The predicted molar refractivity (Wildman–Crippen MR) is 123 cm³/mol. The van der Waals surface area contributed by atoms with Crippen LogP contribution in [0.1, 0.15) is 40.4 Å². The molecule has 1 fully saturated rings. The number of methoxy groups -OCH3 is 1. The Bertz CT molecular complexity index is 1310. The first-order valence-corrected chi connectivity index (χ1v) is 12.8. The van der Waals surface area contributed by atoms with Gasteiger partial charge < -0.3 is 4.74 Å². The summed E-state index contributed by atoms with van der Waals surface area (Å²) in [6.45, 7) is 0.211. The summed E-state index contributed by atoms with van der Waals surface area (Å²) in [5.41, 5.74) is 2.68. The van der Waals surface area contributed by atoms with E-state index in [4.69, 9.17) is 4.74 Å². The third-order valence-corrected chi connectivity index (χ3v) is 7.47. The summed E-state index contributed by atoms with van der Waals surface area (Å²) < 4.78 is 51.5. The van der Waals surface area contributed by atoms with Gasteiger partial charge in [0.05, 0.1) is 31.1 Å². The van der Waals surface area contributed by atoms with Gasteiger partial charge in [0, 0.05) is 16.7 Å². The average molecular weight is 557 g/mol. The summed E-state index contributed by atoms with van der Waals surface area (Å²) >= 11 is 3.31. The number of halogens is 3. The van der Waals surface area contributed by atoms with Gasteiger partial charge in [-0.3, -0.25) is 13.7 Å². The van der Waals surface area contributed by atoms with Crippen LogP contribution in [-0.2, 0) is 31.5 Å². The fourth-order valence-corrected chi connectivity index (χ4v) is 5.25. The van der Waals surface area contributed by atoms with Crippen molar-refractivity contribution in [2.24, 2.45) is 0 Å². The molecule has 0 bridgehead atoms. The Morgan fingerprint density at radius 1 is 1.15 bits per heavy atom. The van der Waals surface area contributed by atoms with E-state index in [0.717, 1.165) is 24.0 Å². The van der Waals surface area contributed by atoms with E-state index in [1.807, 2.05) is 6.20 Å². The summed E-state index contributed by atoms with van der Waals surface area (Å²) in [5, 5.41) is 0. The summed E-state index contributed by atoms with van der Waals surface area (Å²) in [4.78, 5) is 24.9. The van der Waals surface area contributed by atoms with E-state index >= 15 is 0 Å². The number of hydrogen-bond acceptors (Lipinski definition) is 6. The third-order valence-electron chi connectivity index (χ3n) is 5.58. The van der Waals surface area contributed by atoms with Crippen LogP contribution in [0.2, 0.25) is 0 Å². The molecule has 0 aliphatic heterocycles. The van der Waals surface area contributed by atoms with Crippen molar-refractivity contribution < 1.29 is 32.6 Å². The van der Waals surface area contributed by atoms with Gasteiger partial charge in [0.25, 0.3) is 0 Å². The number of aromatic nitrogens is 2. The molecule has 180 valence electrons. The fourth-order valence-electron chi connectivity index (χ4n) is 3.66. The monoisotopic (exact) mass is 556 g/mol. The number of nitrogens with zero attached hydrogens (tertiary/aromatic N) is 2. The number of carbonyl (C=O) groups excluding carboxylic acids is 1. The first kappa shape index (κ1) is 24.5. The van der Waals surface area contributed by atoms with Gasteiger partial charge in [-0.25, -0.2) is 9.59 Å². The van der Waals surface area contributed by atoms with Crippen molar-refractivity contribution >= 4 is 29.5 Å². The van der Waals surface area contributed by atoms with Crippen LogP contribution < -0.4 is 5.69 Å². The molecule has 1 aromatic heterocycles. The molecule has 0 radical (unpaired) electrons. The third kappa shape index (κ3) is 5.07. The highest BCUT2D eigenvalue weighted by atomic mass is 79.9. The number of carbonyl (C=O) groups is 1. The second-order valence-corrected chi connectivity index (χ2v) is 10.6. The van der Waals surface area contributed by atoms with Crippen LogP contribution in [0.25, 0.3) is 11.3 Å². The van der Waals surface area contributed by atoms with Gasteiger partial charge in [-0.15, -0.1) is 9.46 Å². The Morgan fingerprint density at radius 3 is 2.38 bits per heavy atom. The van der Waals surface area contributed by atoms with Crippen LogP contribution in [0.15, 0.2) is 57.9 Å². The molecule has 2 aromatic carbocycles. The van der Waals surface area contributed by atoms with E-state index < -0.39 is 19.7 Å². The number of esters is 1. The molecular weight excluding hydrogens is 537 g/mol. The van der Waals surface area contributed by atoms with Gasteiger partial charge in [0.15, 0.2) is 0 Å². The number of benzene rings is 2. The first-order valence-electron chi connectivity index (χ1n) is 10.3. The fraction of sp³-hybridized carbons (Fsp3) is 0.273. The maximum Gasteiger partial charge on any atom is 0.399 e. The number of hydrogen-bond donors (Lipinski definition) is 0. The molecule has 12 heteroatoms. The first-order chi connectivity index (χ1) is 16.3. The lowest BCUT2D eigenvalue weighted by Gasteiger charge is -2.12. The maximum absolute atomic E-state index is 13.2. The SMILES string of the molecule is COC(=O)c1ccc(-c2cn(C3CC3)c(=O)n2Cc2ccc(CP(=O)(OF)OF)c(Br)c2)cc1. The molecule has 0 spiro atoms. The second-order valence-electron chi connectivity index (χ2n) is 7.92. The summed E-state index contributed by atoms with van der Waals surface area (Å²) in [7, 11) is -3.23. The van der Waals surface area contributed by atoms with Crippen LogP contribution in [0.3, 0.4) is 0 Å². The average Bonchev–Trinajstić information content (AvgIpc) is 3.65.